The zero-order valence-electron chi connectivity index (χ0n) is 11.7. The van der Waals surface area contributed by atoms with Crippen molar-refractivity contribution in [3.8, 4) is 0 Å². The smallest absolute Gasteiger partial charge is 0.312 e. The molecule has 1 fully saturated rings. The molecule has 0 unspecified atom stereocenters. The van der Waals surface area contributed by atoms with E-state index in [1.165, 1.54) is 33.0 Å². The van der Waals surface area contributed by atoms with Gasteiger partial charge in [-0.05, 0) is 46.8 Å². The number of carbonyl (C=O) groups excluding carboxylic acids is 1. The van der Waals surface area contributed by atoms with Gasteiger partial charge in [0.2, 0.25) is 0 Å². The molecule has 0 saturated carbocycles. The molecule has 1 saturated heterocycles. The fraction of sp³-hybridized carbons (Fsp3) is 0.923. The monoisotopic (exact) mass is 242 g/mol. The number of esters is 1. The van der Waals surface area contributed by atoms with Crippen molar-refractivity contribution in [2.24, 2.45) is 5.41 Å². The molecule has 1 aliphatic rings. The third-order valence-electron chi connectivity index (χ3n) is 3.40. The predicted octanol–water partition coefficient (Wildman–Crippen LogP) is 1.21. The number of hydrogen-bond donors (Lipinski definition) is 0. The van der Waals surface area contributed by atoms with E-state index in [1.54, 1.807) is 0 Å². The molecule has 1 aliphatic heterocycles. The normalized spacial score (nSPS) is 17.7. The van der Waals surface area contributed by atoms with Gasteiger partial charge in [-0.1, -0.05) is 0 Å². The number of nitrogens with zero attached hydrogens (tertiary/aromatic N) is 2. The van der Waals surface area contributed by atoms with Crippen molar-refractivity contribution in [2.75, 3.05) is 46.9 Å². The first-order valence-corrected chi connectivity index (χ1v) is 6.45. The highest BCUT2D eigenvalue weighted by Gasteiger charge is 2.30. The third kappa shape index (κ3) is 4.64. The van der Waals surface area contributed by atoms with Crippen molar-refractivity contribution >= 4 is 5.97 Å². The second kappa shape index (κ2) is 6.36. The highest BCUT2D eigenvalue weighted by Crippen LogP contribution is 2.18. The Balaban J connectivity index is 2.27. The molecule has 0 N–H and O–H groups in total. The van der Waals surface area contributed by atoms with Crippen LogP contribution in [0.15, 0.2) is 0 Å². The molecule has 1 heterocycles. The first-order chi connectivity index (χ1) is 7.95. The van der Waals surface area contributed by atoms with E-state index in [-0.39, 0.29) is 5.97 Å². The molecule has 0 spiro atoms. The molecule has 0 aromatic heterocycles. The zero-order chi connectivity index (χ0) is 12.9. The molecular weight excluding hydrogens is 216 g/mol. The lowest BCUT2D eigenvalue weighted by atomic mass is 9.93. The van der Waals surface area contributed by atoms with E-state index in [2.05, 4.69) is 16.8 Å². The van der Waals surface area contributed by atoms with Crippen LogP contribution in [-0.4, -0.2) is 62.7 Å². The van der Waals surface area contributed by atoms with E-state index in [9.17, 15) is 4.79 Å². The number of hydrogen-bond acceptors (Lipinski definition) is 4. The standard InChI is InChI=1S/C13H26N2O2/c1-13(2,12(16)17-4)11-14(3)9-10-15-7-5-6-8-15/h5-11H2,1-4H3. The van der Waals surface area contributed by atoms with Crippen LogP contribution in [-0.2, 0) is 9.53 Å². The van der Waals surface area contributed by atoms with Gasteiger partial charge in [0.25, 0.3) is 0 Å². The van der Waals surface area contributed by atoms with Crippen LogP contribution in [0.25, 0.3) is 0 Å². The Morgan fingerprint density at radius 2 is 1.94 bits per heavy atom. The summed E-state index contributed by atoms with van der Waals surface area (Å²) in [7, 11) is 3.52. The quantitative estimate of drug-likeness (QED) is 0.656. The number of rotatable bonds is 6. The molecule has 1 rings (SSSR count). The second-order valence-corrected chi connectivity index (χ2v) is 5.66. The molecule has 0 aromatic carbocycles. The number of methoxy groups -OCH3 is 1. The Morgan fingerprint density at radius 1 is 1.35 bits per heavy atom. The van der Waals surface area contributed by atoms with Gasteiger partial charge in [0, 0.05) is 19.6 Å². The van der Waals surface area contributed by atoms with E-state index in [0.29, 0.717) is 0 Å². The molecule has 4 heteroatoms. The second-order valence-electron chi connectivity index (χ2n) is 5.66. The topological polar surface area (TPSA) is 32.8 Å². The summed E-state index contributed by atoms with van der Waals surface area (Å²) in [6.07, 6.45) is 2.66. The molecule has 100 valence electrons. The lowest BCUT2D eigenvalue weighted by molar-refractivity contribution is -0.151. The first-order valence-electron chi connectivity index (χ1n) is 6.45. The summed E-state index contributed by atoms with van der Waals surface area (Å²) in [6, 6.07) is 0. The predicted molar refractivity (Wildman–Crippen MR) is 69.0 cm³/mol. The van der Waals surface area contributed by atoms with E-state index in [4.69, 9.17) is 4.74 Å². The Labute approximate surface area is 105 Å². The van der Waals surface area contributed by atoms with E-state index in [1.807, 2.05) is 13.8 Å². The van der Waals surface area contributed by atoms with Gasteiger partial charge in [-0.3, -0.25) is 4.79 Å². The van der Waals surface area contributed by atoms with E-state index in [0.717, 1.165) is 19.6 Å². The van der Waals surface area contributed by atoms with E-state index < -0.39 is 5.41 Å². The zero-order valence-corrected chi connectivity index (χ0v) is 11.7. The lowest BCUT2D eigenvalue weighted by Crippen LogP contribution is -2.41. The Hall–Kier alpha value is -0.610. The molecule has 0 radical (unpaired) electrons. The fourth-order valence-corrected chi connectivity index (χ4v) is 2.41. The van der Waals surface area contributed by atoms with Gasteiger partial charge < -0.3 is 14.5 Å². The summed E-state index contributed by atoms with van der Waals surface area (Å²) in [5.41, 5.74) is -0.422. The average Bonchev–Trinajstić information content (AvgIpc) is 2.77. The van der Waals surface area contributed by atoms with Crippen molar-refractivity contribution in [3.05, 3.63) is 0 Å². The van der Waals surface area contributed by atoms with Crippen LogP contribution in [0.2, 0.25) is 0 Å². The van der Waals surface area contributed by atoms with Gasteiger partial charge in [-0.25, -0.2) is 0 Å². The molecule has 4 nitrogen and oxygen atoms in total. The summed E-state index contributed by atoms with van der Waals surface area (Å²) in [5, 5.41) is 0. The van der Waals surface area contributed by atoms with Gasteiger partial charge in [-0.2, -0.15) is 0 Å². The molecule has 0 bridgehead atoms. The van der Waals surface area contributed by atoms with Crippen LogP contribution in [0.3, 0.4) is 0 Å². The molecule has 0 amide bonds. The first kappa shape index (κ1) is 14.5. The maximum absolute atomic E-state index is 11.6. The molecular formula is C13H26N2O2. The molecule has 0 aliphatic carbocycles. The van der Waals surface area contributed by atoms with Gasteiger partial charge in [0.1, 0.15) is 0 Å². The molecule has 0 aromatic rings. The van der Waals surface area contributed by atoms with Crippen molar-refractivity contribution in [1.82, 2.24) is 9.80 Å². The highest BCUT2D eigenvalue weighted by molar-refractivity contribution is 5.76. The van der Waals surface area contributed by atoms with E-state index >= 15 is 0 Å². The summed E-state index contributed by atoms with van der Waals surface area (Å²) >= 11 is 0. The number of ether oxygens (including phenoxy) is 1. The SMILES string of the molecule is COC(=O)C(C)(C)CN(C)CCN1CCCC1. The van der Waals surface area contributed by atoms with Crippen molar-refractivity contribution in [1.29, 1.82) is 0 Å². The Bertz CT molecular complexity index is 248. The van der Waals surface area contributed by atoms with Crippen molar-refractivity contribution in [3.63, 3.8) is 0 Å². The largest absolute Gasteiger partial charge is 0.469 e. The summed E-state index contributed by atoms with van der Waals surface area (Å²) in [5.74, 6) is -0.134. The minimum atomic E-state index is -0.422. The van der Waals surface area contributed by atoms with Crippen molar-refractivity contribution < 1.29 is 9.53 Å². The summed E-state index contributed by atoms with van der Waals surface area (Å²) < 4.78 is 4.82. The van der Waals surface area contributed by atoms with Crippen LogP contribution in [0, 0.1) is 5.41 Å². The summed E-state index contributed by atoms with van der Waals surface area (Å²) in [6.45, 7) is 9.19. The molecule has 17 heavy (non-hydrogen) atoms. The minimum absolute atomic E-state index is 0.134. The van der Waals surface area contributed by atoms with Gasteiger partial charge >= 0.3 is 5.97 Å². The Morgan fingerprint density at radius 3 is 2.47 bits per heavy atom. The number of carbonyl (C=O) groups is 1. The van der Waals surface area contributed by atoms with Crippen LogP contribution in [0.4, 0.5) is 0 Å². The number of likely N-dealkylation sites (tertiary alicyclic amines) is 1. The van der Waals surface area contributed by atoms with Gasteiger partial charge in [-0.15, -0.1) is 0 Å². The highest BCUT2D eigenvalue weighted by atomic mass is 16.5. The Kier molecular flexibility index (Phi) is 5.40. The average molecular weight is 242 g/mol. The fourth-order valence-electron chi connectivity index (χ4n) is 2.41. The van der Waals surface area contributed by atoms with Crippen LogP contribution in [0.5, 0.6) is 0 Å². The summed E-state index contributed by atoms with van der Waals surface area (Å²) in [4.78, 5) is 16.3. The van der Waals surface area contributed by atoms with Crippen LogP contribution in [0.1, 0.15) is 26.7 Å². The number of likely N-dealkylation sites (N-methyl/N-ethyl adjacent to an activating group) is 1. The maximum Gasteiger partial charge on any atom is 0.312 e. The molecule has 0 atom stereocenters. The van der Waals surface area contributed by atoms with Crippen molar-refractivity contribution in [2.45, 2.75) is 26.7 Å². The maximum atomic E-state index is 11.6. The van der Waals surface area contributed by atoms with Crippen LogP contribution >= 0.6 is 0 Å². The minimum Gasteiger partial charge on any atom is -0.469 e. The van der Waals surface area contributed by atoms with Gasteiger partial charge in [0.05, 0.1) is 12.5 Å². The lowest BCUT2D eigenvalue weighted by Gasteiger charge is -2.29. The van der Waals surface area contributed by atoms with Crippen LogP contribution < -0.4 is 0 Å². The third-order valence-corrected chi connectivity index (χ3v) is 3.40. The van der Waals surface area contributed by atoms with Gasteiger partial charge in [0.15, 0.2) is 0 Å².